The van der Waals surface area contributed by atoms with Gasteiger partial charge in [-0.05, 0) is 37.1 Å². The Morgan fingerprint density at radius 1 is 1.42 bits per heavy atom. The first-order valence-electron chi connectivity index (χ1n) is 6.70. The van der Waals surface area contributed by atoms with Gasteiger partial charge in [-0.25, -0.2) is 0 Å². The van der Waals surface area contributed by atoms with Crippen LogP contribution in [-0.2, 0) is 4.74 Å². The van der Waals surface area contributed by atoms with E-state index in [4.69, 9.17) is 10.6 Å². The number of ether oxygens (including phenoxy) is 1. The lowest BCUT2D eigenvalue weighted by Crippen LogP contribution is -2.34. The van der Waals surface area contributed by atoms with Gasteiger partial charge >= 0.3 is 0 Å². The minimum absolute atomic E-state index is 0.134. The van der Waals surface area contributed by atoms with Gasteiger partial charge in [-0.3, -0.25) is 16.3 Å². The monoisotopic (exact) mass is 257 g/mol. The molecule has 1 aromatic heterocycles. The molecular weight excluding hydrogens is 238 g/mol. The van der Waals surface area contributed by atoms with Gasteiger partial charge in [-0.1, -0.05) is 12.1 Å². The van der Waals surface area contributed by atoms with Crippen molar-refractivity contribution < 1.29 is 4.74 Å². The zero-order chi connectivity index (χ0) is 13.2. The number of nitrogens with one attached hydrogen (secondary N) is 1. The van der Waals surface area contributed by atoms with E-state index >= 15 is 0 Å². The molecule has 4 heteroatoms. The second-order valence-electron chi connectivity index (χ2n) is 5.24. The highest BCUT2D eigenvalue weighted by molar-refractivity contribution is 5.79. The molecule has 0 aliphatic carbocycles. The lowest BCUT2D eigenvalue weighted by Gasteiger charge is -2.22. The van der Waals surface area contributed by atoms with Crippen LogP contribution in [0.25, 0.3) is 10.9 Å². The van der Waals surface area contributed by atoms with E-state index in [9.17, 15) is 0 Å². The van der Waals surface area contributed by atoms with Crippen LogP contribution < -0.4 is 11.3 Å². The molecule has 1 saturated heterocycles. The molecule has 1 fully saturated rings. The van der Waals surface area contributed by atoms with Gasteiger partial charge in [0.15, 0.2) is 0 Å². The highest BCUT2D eigenvalue weighted by Crippen LogP contribution is 2.32. The summed E-state index contributed by atoms with van der Waals surface area (Å²) >= 11 is 0. The van der Waals surface area contributed by atoms with Gasteiger partial charge in [0.1, 0.15) is 0 Å². The van der Waals surface area contributed by atoms with E-state index in [0.717, 1.165) is 23.9 Å². The zero-order valence-corrected chi connectivity index (χ0v) is 11.0. The normalized spacial score (nSPS) is 24.7. The van der Waals surface area contributed by atoms with E-state index in [2.05, 4.69) is 35.5 Å². The summed E-state index contributed by atoms with van der Waals surface area (Å²) in [5, 5.41) is 1.15. The Kier molecular flexibility index (Phi) is 3.46. The Morgan fingerprint density at radius 3 is 3.05 bits per heavy atom. The fraction of sp³-hybridized carbons (Fsp3) is 0.400. The van der Waals surface area contributed by atoms with Crippen molar-refractivity contribution in [3.8, 4) is 0 Å². The van der Waals surface area contributed by atoms with Crippen LogP contribution in [0.3, 0.4) is 0 Å². The van der Waals surface area contributed by atoms with Crippen molar-refractivity contribution in [2.45, 2.75) is 25.5 Å². The van der Waals surface area contributed by atoms with Crippen molar-refractivity contribution >= 4 is 10.9 Å². The summed E-state index contributed by atoms with van der Waals surface area (Å²) in [5.74, 6) is 6.18. The number of aromatic nitrogens is 1. The molecule has 3 atom stereocenters. The molecule has 0 saturated carbocycles. The van der Waals surface area contributed by atoms with Gasteiger partial charge in [-0.15, -0.1) is 0 Å². The summed E-state index contributed by atoms with van der Waals surface area (Å²) in [5.41, 5.74) is 5.16. The molecular formula is C15H19N3O. The van der Waals surface area contributed by atoms with Gasteiger partial charge in [0.2, 0.25) is 0 Å². The Morgan fingerprint density at radius 2 is 2.32 bits per heavy atom. The van der Waals surface area contributed by atoms with Crippen molar-refractivity contribution in [1.82, 2.24) is 10.4 Å². The highest BCUT2D eigenvalue weighted by atomic mass is 16.5. The number of rotatable bonds is 3. The predicted octanol–water partition coefficient (Wildman–Crippen LogP) is 2.16. The number of pyridine rings is 1. The number of hydrogen-bond acceptors (Lipinski definition) is 4. The van der Waals surface area contributed by atoms with Crippen LogP contribution in [-0.4, -0.2) is 17.7 Å². The van der Waals surface area contributed by atoms with Gasteiger partial charge < -0.3 is 4.74 Å². The molecule has 1 aromatic carbocycles. The van der Waals surface area contributed by atoms with E-state index in [-0.39, 0.29) is 6.04 Å². The Labute approximate surface area is 112 Å². The fourth-order valence-corrected chi connectivity index (χ4v) is 2.87. The smallest absolute Gasteiger partial charge is 0.0702 e. The van der Waals surface area contributed by atoms with Crippen LogP contribution in [0, 0.1) is 5.92 Å². The first-order valence-corrected chi connectivity index (χ1v) is 6.70. The van der Waals surface area contributed by atoms with Crippen LogP contribution in [0.5, 0.6) is 0 Å². The second-order valence-corrected chi connectivity index (χ2v) is 5.24. The molecule has 3 unspecified atom stereocenters. The van der Waals surface area contributed by atoms with Crippen LogP contribution in [0.1, 0.15) is 24.9 Å². The maximum absolute atomic E-state index is 5.75. The fourth-order valence-electron chi connectivity index (χ4n) is 2.87. The summed E-state index contributed by atoms with van der Waals surface area (Å²) in [6, 6.07) is 10.5. The number of nitrogens with zero attached hydrogens (tertiary/aromatic N) is 1. The van der Waals surface area contributed by atoms with E-state index in [1.54, 1.807) is 0 Å². The molecule has 2 aromatic rings. The lowest BCUT2D eigenvalue weighted by atomic mass is 9.91. The SMILES string of the molecule is CC1CC(C(NN)c2ccc3ncccc3c2)CO1. The molecule has 4 nitrogen and oxygen atoms in total. The summed E-state index contributed by atoms with van der Waals surface area (Å²) in [7, 11) is 0. The Hall–Kier alpha value is -1.49. The maximum Gasteiger partial charge on any atom is 0.0702 e. The van der Waals surface area contributed by atoms with E-state index in [1.807, 2.05) is 18.3 Å². The average Bonchev–Trinajstić information content (AvgIpc) is 2.86. The number of hydrogen-bond donors (Lipinski definition) is 2. The topological polar surface area (TPSA) is 60.2 Å². The lowest BCUT2D eigenvalue weighted by molar-refractivity contribution is 0.117. The van der Waals surface area contributed by atoms with E-state index in [0.29, 0.717) is 12.0 Å². The molecule has 0 amide bonds. The molecule has 1 aliphatic rings. The molecule has 3 N–H and O–H groups in total. The second kappa shape index (κ2) is 5.25. The molecule has 100 valence electrons. The minimum atomic E-state index is 0.134. The van der Waals surface area contributed by atoms with Gasteiger partial charge in [0.25, 0.3) is 0 Å². The van der Waals surface area contributed by atoms with Crippen molar-refractivity contribution in [3.63, 3.8) is 0 Å². The summed E-state index contributed by atoms with van der Waals surface area (Å²) in [6.07, 6.45) is 3.18. The van der Waals surface area contributed by atoms with Crippen molar-refractivity contribution in [1.29, 1.82) is 0 Å². The molecule has 3 rings (SSSR count). The van der Waals surface area contributed by atoms with Crippen LogP contribution >= 0.6 is 0 Å². The summed E-state index contributed by atoms with van der Waals surface area (Å²) in [6.45, 7) is 2.87. The highest BCUT2D eigenvalue weighted by Gasteiger charge is 2.30. The van der Waals surface area contributed by atoms with Gasteiger partial charge in [-0.2, -0.15) is 0 Å². The maximum atomic E-state index is 5.75. The van der Waals surface area contributed by atoms with Crippen LogP contribution in [0.4, 0.5) is 0 Å². The third-order valence-corrected chi connectivity index (χ3v) is 3.87. The van der Waals surface area contributed by atoms with Gasteiger partial charge in [0, 0.05) is 17.5 Å². The van der Waals surface area contributed by atoms with Crippen molar-refractivity contribution in [2.75, 3.05) is 6.61 Å². The Balaban J connectivity index is 1.92. The minimum Gasteiger partial charge on any atom is -0.378 e. The van der Waals surface area contributed by atoms with E-state index < -0.39 is 0 Å². The summed E-state index contributed by atoms with van der Waals surface area (Å²) in [4.78, 5) is 4.34. The third kappa shape index (κ3) is 2.47. The number of nitrogens with two attached hydrogens (primary N) is 1. The molecule has 1 aliphatic heterocycles. The number of fused-ring (bicyclic) bond motifs is 1. The standard InChI is InChI=1S/C15H19N3O/c1-10-7-13(9-19-10)15(18-16)12-4-5-14-11(8-12)3-2-6-17-14/h2-6,8,10,13,15,18H,7,9,16H2,1H3. The predicted molar refractivity (Wildman–Crippen MR) is 75.3 cm³/mol. The van der Waals surface area contributed by atoms with Gasteiger partial charge in [0.05, 0.1) is 24.3 Å². The molecule has 0 spiro atoms. The quantitative estimate of drug-likeness (QED) is 0.653. The first-order chi connectivity index (χ1) is 9.28. The first kappa shape index (κ1) is 12.5. The number of benzene rings is 1. The molecule has 0 radical (unpaired) electrons. The average molecular weight is 257 g/mol. The van der Waals surface area contributed by atoms with Crippen molar-refractivity contribution in [3.05, 3.63) is 42.1 Å². The summed E-state index contributed by atoms with van der Waals surface area (Å²) < 4.78 is 5.65. The largest absolute Gasteiger partial charge is 0.378 e. The van der Waals surface area contributed by atoms with Crippen LogP contribution in [0.2, 0.25) is 0 Å². The molecule has 19 heavy (non-hydrogen) atoms. The third-order valence-electron chi connectivity index (χ3n) is 3.87. The Bertz CT molecular complexity index is 572. The van der Waals surface area contributed by atoms with E-state index in [1.165, 1.54) is 5.56 Å². The molecule has 2 heterocycles. The zero-order valence-electron chi connectivity index (χ0n) is 11.0. The van der Waals surface area contributed by atoms with Crippen molar-refractivity contribution in [2.24, 2.45) is 11.8 Å². The van der Waals surface area contributed by atoms with Crippen LogP contribution in [0.15, 0.2) is 36.5 Å². The number of hydrazine groups is 1. The molecule has 0 bridgehead atoms.